The number of piperidine rings is 1. The third-order valence-corrected chi connectivity index (χ3v) is 6.09. The van der Waals surface area contributed by atoms with E-state index in [4.69, 9.17) is 4.74 Å². The zero-order chi connectivity index (χ0) is 17.8. The van der Waals surface area contributed by atoms with Gasteiger partial charge in [0.2, 0.25) is 0 Å². The van der Waals surface area contributed by atoms with E-state index in [1.165, 1.54) is 36.8 Å². The number of hydrogen-bond acceptors (Lipinski definition) is 5. The van der Waals surface area contributed by atoms with Gasteiger partial charge in [0.1, 0.15) is 17.6 Å². The third-order valence-electron chi connectivity index (χ3n) is 5.15. The van der Waals surface area contributed by atoms with Gasteiger partial charge in [-0.05, 0) is 31.0 Å². The van der Waals surface area contributed by atoms with E-state index in [9.17, 15) is 14.3 Å². The van der Waals surface area contributed by atoms with Gasteiger partial charge in [0.15, 0.2) is 0 Å². The molecule has 0 aromatic heterocycles. The molecule has 2 saturated heterocycles. The first-order valence-electron chi connectivity index (χ1n) is 8.72. The zero-order valence-electron chi connectivity index (χ0n) is 14.5. The molecule has 2 fully saturated rings. The molecule has 5 nitrogen and oxygen atoms in total. The molecule has 3 rings (SSSR count). The SMILES string of the molecule is COc1ccc(F)cc1[C@@H](C(=O)O)N1CCC(N2CCSCC2)CC1. The van der Waals surface area contributed by atoms with Gasteiger partial charge < -0.3 is 9.84 Å². The Balaban J connectivity index is 1.72. The van der Waals surface area contributed by atoms with Crippen molar-refractivity contribution in [1.82, 2.24) is 9.80 Å². The molecule has 2 aliphatic heterocycles. The molecule has 0 radical (unpaired) electrons. The first-order valence-corrected chi connectivity index (χ1v) is 9.87. The maximum Gasteiger partial charge on any atom is 0.325 e. The standard InChI is InChI=1S/C18H25FN2O3S/c1-24-16-3-2-13(19)12-15(16)17(18(22)23)21-6-4-14(5-7-21)20-8-10-25-11-9-20/h2-3,12,14,17H,4-11H2,1H3,(H,22,23)/t17-/m0/s1. The van der Waals surface area contributed by atoms with Gasteiger partial charge in [-0.2, -0.15) is 11.8 Å². The molecule has 2 aliphatic rings. The summed E-state index contributed by atoms with van der Waals surface area (Å²) < 4.78 is 19.0. The number of aliphatic carboxylic acids is 1. The average molecular weight is 368 g/mol. The van der Waals surface area contributed by atoms with Crippen LogP contribution in [0.25, 0.3) is 0 Å². The van der Waals surface area contributed by atoms with Crippen LogP contribution in [0.4, 0.5) is 4.39 Å². The van der Waals surface area contributed by atoms with E-state index in [1.807, 2.05) is 16.7 Å². The van der Waals surface area contributed by atoms with Gasteiger partial charge >= 0.3 is 5.97 Å². The monoisotopic (exact) mass is 368 g/mol. The van der Waals surface area contributed by atoms with Crippen LogP contribution in [-0.2, 0) is 4.79 Å². The summed E-state index contributed by atoms with van der Waals surface area (Å²) in [5.41, 5.74) is 0.392. The van der Waals surface area contributed by atoms with Crippen LogP contribution in [0.5, 0.6) is 5.75 Å². The molecule has 0 unspecified atom stereocenters. The molecule has 1 aromatic carbocycles. The van der Waals surface area contributed by atoms with Crippen LogP contribution >= 0.6 is 11.8 Å². The second-order valence-electron chi connectivity index (χ2n) is 6.54. The Morgan fingerprint density at radius 2 is 1.96 bits per heavy atom. The van der Waals surface area contributed by atoms with Crippen LogP contribution in [0.3, 0.4) is 0 Å². The molecule has 25 heavy (non-hydrogen) atoms. The van der Waals surface area contributed by atoms with Gasteiger partial charge in [-0.3, -0.25) is 14.6 Å². The Morgan fingerprint density at radius 3 is 2.56 bits per heavy atom. The summed E-state index contributed by atoms with van der Waals surface area (Å²) in [7, 11) is 1.48. The molecule has 138 valence electrons. The van der Waals surface area contributed by atoms with Crippen LogP contribution in [0.2, 0.25) is 0 Å². The largest absolute Gasteiger partial charge is 0.496 e. The molecular weight excluding hydrogens is 343 g/mol. The van der Waals surface area contributed by atoms with E-state index in [0.717, 1.165) is 25.9 Å². The molecule has 0 saturated carbocycles. The fraction of sp³-hybridized carbons (Fsp3) is 0.611. The number of carboxylic acids is 1. The number of rotatable bonds is 5. The van der Waals surface area contributed by atoms with Crippen molar-refractivity contribution in [3.8, 4) is 5.75 Å². The van der Waals surface area contributed by atoms with Crippen molar-refractivity contribution >= 4 is 17.7 Å². The number of methoxy groups -OCH3 is 1. The highest BCUT2D eigenvalue weighted by molar-refractivity contribution is 7.99. The van der Waals surface area contributed by atoms with E-state index >= 15 is 0 Å². The summed E-state index contributed by atoms with van der Waals surface area (Å²) in [6.45, 7) is 3.64. The van der Waals surface area contributed by atoms with E-state index in [2.05, 4.69) is 4.90 Å². The summed E-state index contributed by atoms with van der Waals surface area (Å²) in [6, 6.07) is 3.73. The minimum absolute atomic E-state index is 0.392. The first-order chi connectivity index (χ1) is 12.1. The average Bonchev–Trinajstić information content (AvgIpc) is 2.63. The minimum Gasteiger partial charge on any atom is -0.496 e. The highest BCUT2D eigenvalue weighted by atomic mass is 32.2. The Bertz CT molecular complexity index is 602. The molecule has 1 atom stereocenters. The Kier molecular flexibility index (Phi) is 6.19. The minimum atomic E-state index is -0.961. The maximum absolute atomic E-state index is 13.7. The summed E-state index contributed by atoms with van der Waals surface area (Å²) in [4.78, 5) is 16.4. The molecule has 0 aliphatic carbocycles. The van der Waals surface area contributed by atoms with E-state index < -0.39 is 17.8 Å². The van der Waals surface area contributed by atoms with Crippen LogP contribution in [0.15, 0.2) is 18.2 Å². The number of carbonyl (C=O) groups is 1. The van der Waals surface area contributed by atoms with E-state index in [-0.39, 0.29) is 0 Å². The highest BCUT2D eigenvalue weighted by Gasteiger charge is 2.34. The quantitative estimate of drug-likeness (QED) is 0.862. The number of halogens is 1. The predicted octanol–water partition coefficient (Wildman–Crippen LogP) is 2.47. The molecule has 0 bridgehead atoms. The predicted molar refractivity (Wildman–Crippen MR) is 96.8 cm³/mol. The molecule has 1 N–H and O–H groups in total. The number of hydrogen-bond donors (Lipinski definition) is 1. The van der Waals surface area contributed by atoms with Crippen LogP contribution in [0, 0.1) is 5.82 Å². The van der Waals surface area contributed by atoms with Gasteiger partial charge in [0.25, 0.3) is 0 Å². The summed E-state index contributed by atoms with van der Waals surface area (Å²) in [5, 5.41) is 9.77. The number of carboxylic acid groups (broad SMARTS) is 1. The Hall–Kier alpha value is -1.31. The van der Waals surface area contributed by atoms with Crippen LogP contribution in [0.1, 0.15) is 24.4 Å². The topological polar surface area (TPSA) is 53.0 Å². The van der Waals surface area contributed by atoms with Crippen molar-refractivity contribution in [2.75, 3.05) is 44.8 Å². The van der Waals surface area contributed by atoms with Crippen LogP contribution < -0.4 is 4.74 Å². The third kappa shape index (κ3) is 4.27. The molecule has 2 heterocycles. The van der Waals surface area contributed by atoms with Gasteiger partial charge in [0.05, 0.1) is 7.11 Å². The van der Waals surface area contributed by atoms with Crippen molar-refractivity contribution in [2.45, 2.75) is 24.9 Å². The van der Waals surface area contributed by atoms with Crippen molar-refractivity contribution in [2.24, 2.45) is 0 Å². The molecule has 1 aromatic rings. The number of likely N-dealkylation sites (tertiary alicyclic amines) is 1. The second kappa shape index (κ2) is 8.38. The first kappa shape index (κ1) is 18.5. The number of nitrogens with zero attached hydrogens (tertiary/aromatic N) is 2. The normalized spacial score (nSPS) is 21.8. The highest BCUT2D eigenvalue weighted by Crippen LogP contribution is 2.33. The lowest BCUT2D eigenvalue weighted by molar-refractivity contribution is -0.144. The van der Waals surface area contributed by atoms with Gasteiger partial charge in [0, 0.05) is 49.3 Å². The van der Waals surface area contributed by atoms with Crippen LogP contribution in [-0.4, -0.2) is 71.7 Å². The van der Waals surface area contributed by atoms with Crippen molar-refractivity contribution in [3.05, 3.63) is 29.6 Å². The van der Waals surface area contributed by atoms with E-state index in [0.29, 0.717) is 30.4 Å². The lowest BCUT2D eigenvalue weighted by atomic mass is 9.97. The van der Waals surface area contributed by atoms with Gasteiger partial charge in [-0.25, -0.2) is 4.39 Å². The summed E-state index contributed by atoms with van der Waals surface area (Å²) >= 11 is 2.00. The lowest BCUT2D eigenvalue weighted by Crippen LogP contribution is -2.49. The lowest BCUT2D eigenvalue weighted by Gasteiger charge is -2.41. The maximum atomic E-state index is 13.7. The Labute approximate surface area is 152 Å². The molecular formula is C18H25FN2O3S. The number of benzene rings is 1. The summed E-state index contributed by atoms with van der Waals surface area (Å²) in [5.74, 6) is 1.38. The Morgan fingerprint density at radius 1 is 1.28 bits per heavy atom. The fourth-order valence-electron chi connectivity index (χ4n) is 3.86. The summed E-state index contributed by atoms with van der Waals surface area (Å²) in [6.07, 6.45) is 1.90. The van der Waals surface area contributed by atoms with Gasteiger partial charge in [-0.1, -0.05) is 0 Å². The second-order valence-corrected chi connectivity index (χ2v) is 7.77. The van der Waals surface area contributed by atoms with Crippen molar-refractivity contribution < 1.29 is 19.0 Å². The number of ether oxygens (including phenoxy) is 1. The van der Waals surface area contributed by atoms with Crippen molar-refractivity contribution in [1.29, 1.82) is 0 Å². The number of thioether (sulfide) groups is 1. The molecule has 0 amide bonds. The molecule has 7 heteroatoms. The van der Waals surface area contributed by atoms with E-state index in [1.54, 1.807) is 0 Å². The van der Waals surface area contributed by atoms with Crippen molar-refractivity contribution in [3.63, 3.8) is 0 Å². The van der Waals surface area contributed by atoms with Gasteiger partial charge in [-0.15, -0.1) is 0 Å². The zero-order valence-corrected chi connectivity index (χ0v) is 15.3. The fourth-order valence-corrected chi connectivity index (χ4v) is 4.79. The molecule has 0 spiro atoms. The smallest absolute Gasteiger partial charge is 0.325 e.